The highest BCUT2D eigenvalue weighted by atomic mass is 16.5. The first-order chi connectivity index (χ1) is 15.7. The van der Waals surface area contributed by atoms with Crippen molar-refractivity contribution in [1.82, 2.24) is 30.0 Å². The van der Waals surface area contributed by atoms with Gasteiger partial charge in [0.1, 0.15) is 16.8 Å². The maximum absolute atomic E-state index is 5.92. The van der Waals surface area contributed by atoms with Gasteiger partial charge in [-0.3, -0.25) is 9.58 Å². The molecule has 5 rings (SSSR count). The van der Waals surface area contributed by atoms with Crippen LogP contribution in [0.25, 0.3) is 11.0 Å². The second kappa shape index (κ2) is 8.91. The van der Waals surface area contributed by atoms with Crippen molar-refractivity contribution >= 4 is 22.8 Å². The Hall–Kier alpha value is -2.91. The fraction of sp³-hybridized carbons (Fsp3) is 0.522. The lowest BCUT2D eigenvalue weighted by Gasteiger charge is -2.53. The van der Waals surface area contributed by atoms with Crippen LogP contribution in [0.5, 0.6) is 5.75 Å². The standard InChI is InChI=1S/C23H32N8O/c1-3-4-7-26-22-21-19(28-23(24)29-22)12-27-31(21)14-16-6-5-15(8-20(16)32-2)13-30-17-9-18(30)11-25-10-17/h5-6,8,12,17-18,25H,3-4,7,9-11,13-14H2,1-2H3,(H3,24,26,28,29). The van der Waals surface area contributed by atoms with Gasteiger partial charge in [-0.25, -0.2) is 4.98 Å². The summed E-state index contributed by atoms with van der Waals surface area (Å²) in [4.78, 5) is 11.4. The Kier molecular flexibility index (Phi) is 5.84. The molecule has 2 aliphatic heterocycles. The topological polar surface area (TPSA) is 106 Å². The van der Waals surface area contributed by atoms with Gasteiger partial charge in [-0.1, -0.05) is 25.5 Å². The summed E-state index contributed by atoms with van der Waals surface area (Å²) < 4.78 is 7.69. The van der Waals surface area contributed by atoms with Crippen molar-refractivity contribution in [3.63, 3.8) is 0 Å². The molecule has 2 aliphatic rings. The van der Waals surface area contributed by atoms with Gasteiger partial charge in [-0.2, -0.15) is 10.1 Å². The molecule has 9 nitrogen and oxygen atoms in total. The third-order valence-corrected chi connectivity index (χ3v) is 6.61. The number of fused-ring (bicyclic) bond motifs is 3. The number of piperidine rings is 1. The van der Waals surface area contributed by atoms with Gasteiger partial charge >= 0.3 is 0 Å². The number of rotatable bonds is 9. The van der Waals surface area contributed by atoms with E-state index >= 15 is 0 Å². The zero-order chi connectivity index (χ0) is 22.1. The van der Waals surface area contributed by atoms with Gasteiger partial charge in [0.05, 0.1) is 19.9 Å². The van der Waals surface area contributed by atoms with E-state index in [1.54, 1.807) is 13.3 Å². The van der Waals surface area contributed by atoms with Crippen LogP contribution >= 0.6 is 0 Å². The highest BCUT2D eigenvalue weighted by molar-refractivity contribution is 5.86. The van der Waals surface area contributed by atoms with E-state index in [1.165, 1.54) is 12.0 Å². The minimum absolute atomic E-state index is 0.254. The van der Waals surface area contributed by atoms with Crippen LogP contribution in [0.15, 0.2) is 24.4 Å². The number of nitrogens with one attached hydrogen (secondary N) is 2. The summed E-state index contributed by atoms with van der Waals surface area (Å²) in [6, 6.07) is 7.86. The quantitative estimate of drug-likeness (QED) is 0.439. The van der Waals surface area contributed by atoms with Crippen LogP contribution in [0.4, 0.5) is 11.8 Å². The molecule has 2 bridgehead atoms. The van der Waals surface area contributed by atoms with Gasteiger partial charge in [0.2, 0.25) is 5.95 Å². The second-order valence-electron chi connectivity index (χ2n) is 8.77. The van der Waals surface area contributed by atoms with Gasteiger partial charge in [0.15, 0.2) is 5.82 Å². The van der Waals surface area contributed by atoms with E-state index in [9.17, 15) is 0 Å². The van der Waals surface area contributed by atoms with Crippen molar-refractivity contribution in [2.75, 3.05) is 37.8 Å². The molecule has 2 saturated heterocycles. The number of nitrogens with two attached hydrogens (primary N) is 1. The first-order valence-electron chi connectivity index (χ1n) is 11.5. The van der Waals surface area contributed by atoms with Crippen LogP contribution in [0.2, 0.25) is 0 Å². The lowest BCUT2D eigenvalue weighted by Crippen LogP contribution is -2.67. The van der Waals surface area contributed by atoms with E-state index in [1.807, 2.05) is 4.68 Å². The van der Waals surface area contributed by atoms with E-state index < -0.39 is 0 Å². The van der Waals surface area contributed by atoms with Crippen molar-refractivity contribution in [2.24, 2.45) is 0 Å². The molecule has 2 aromatic heterocycles. The molecule has 1 aromatic carbocycles. The molecule has 32 heavy (non-hydrogen) atoms. The van der Waals surface area contributed by atoms with E-state index in [-0.39, 0.29) is 5.95 Å². The molecule has 0 radical (unpaired) electrons. The molecular weight excluding hydrogens is 404 g/mol. The lowest BCUT2D eigenvalue weighted by atomic mass is 9.88. The number of aromatic nitrogens is 4. The predicted octanol–water partition coefficient (Wildman–Crippen LogP) is 2.22. The number of anilines is 2. The molecule has 170 valence electrons. The number of nitrogen functional groups attached to an aromatic ring is 1. The molecule has 2 atom stereocenters. The monoisotopic (exact) mass is 436 g/mol. The Labute approximate surface area is 188 Å². The molecule has 2 unspecified atom stereocenters. The maximum Gasteiger partial charge on any atom is 0.222 e. The van der Waals surface area contributed by atoms with Crippen molar-refractivity contribution < 1.29 is 4.74 Å². The average Bonchev–Trinajstić information content (AvgIpc) is 3.21. The number of hydrogen-bond acceptors (Lipinski definition) is 8. The van der Waals surface area contributed by atoms with E-state index in [0.29, 0.717) is 18.6 Å². The summed E-state index contributed by atoms with van der Waals surface area (Å²) in [5, 5.41) is 11.5. The summed E-state index contributed by atoms with van der Waals surface area (Å²) in [5.74, 6) is 1.86. The van der Waals surface area contributed by atoms with Crippen molar-refractivity contribution in [3.8, 4) is 5.75 Å². The summed E-state index contributed by atoms with van der Waals surface area (Å²) in [5.41, 5.74) is 9.87. The Bertz CT molecular complexity index is 1080. The molecule has 0 aliphatic carbocycles. The van der Waals surface area contributed by atoms with Gasteiger partial charge in [0, 0.05) is 43.8 Å². The Balaban J connectivity index is 1.38. The van der Waals surface area contributed by atoms with Crippen LogP contribution in [0, 0.1) is 0 Å². The van der Waals surface area contributed by atoms with Crippen LogP contribution in [-0.2, 0) is 13.1 Å². The van der Waals surface area contributed by atoms with Gasteiger partial charge in [-0.05, 0) is 24.5 Å². The van der Waals surface area contributed by atoms with Crippen molar-refractivity contribution in [1.29, 1.82) is 0 Å². The smallest absolute Gasteiger partial charge is 0.222 e. The number of hydrogen-bond donors (Lipinski definition) is 3. The predicted molar refractivity (Wildman–Crippen MR) is 126 cm³/mol. The van der Waals surface area contributed by atoms with Gasteiger partial charge in [-0.15, -0.1) is 0 Å². The minimum Gasteiger partial charge on any atom is -0.496 e. The summed E-state index contributed by atoms with van der Waals surface area (Å²) >= 11 is 0. The number of unbranched alkanes of at least 4 members (excludes halogenated alkanes) is 1. The Morgan fingerprint density at radius 3 is 2.81 bits per heavy atom. The number of methoxy groups -OCH3 is 1. The Morgan fingerprint density at radius 2 is 2.06 bits per heavy atom. The number of nitrogens with zero attached hydrogens (tertiary/aromatic N) is 5. The average molecular weight is 437 g/mol. The van der Waals surface area contributed by atoms with E-state index in [0.717, 1.165) is 67.2 Å². The molecule has 0 amide bonds. The fourth-order valence-corrected chi connectivity index (χ4v) is 4.85. The first-order valence-corrected chi connectivity index (χ1v) is 11.5. The van der Waals surface area contributed by atoms with Crippen molar-refractivity contribution in [3.05, 3.63) is 35.5 Å². The molecule has 9 heteroatoms. The zero-order valence-corrected chi connectivity index (χ0v) is 18.8. The summed E-state index contributed by atoms with van der Waals surface area (Å²) in [6.07, 6.45) is 5.23. The lowest BCUT2D eigenvalue weighted by molar-refractivity contribution is -0.0207. The molecule has 0 spiro atoms. The minimum atomic E-state index is 0.254. The van der Waals surface area contributed by atoms with E-state index in [2.05, 4.69) is 55.7 Å². The van der Waals surface area contributed by atoms with Gasteiger partial charge in [0.25, 0.3) is 0 Å². The number of benzene rings is 1. The highest BCUT2D eigenvalue weighted by Gasteiger charge is 2.40. The largest absolute Gasteiger partial charge is 0.496 e. The molecule has 0 saturated carbocycles. The fourth-order valence-electron chi connectivity index (χ4n) is 4.85. The van der Waals surface area contributed by atoms with Crippen LogP contribution in [-0.4, -0.2) is 63.5 Å². The second-order valence-corrected chi connectivity index (χ2v) is 8.77. The van der Waals surface area contributed by atoms with E-state index in [4.69, 9.17) is 10.5 Å². The molecule has 4 N–H and O–H groups in total. The highest BCUT2D eigenvalue weighted by Crippen LogP contribution is 2.32. The SMILES string of the molecule is CCCCNc1nc(N)nc2cnn(Cc3ccc(CN4C5CNCC4C5)cc3OC)c12. The molecular formula is C23H32N8O. The van der Waals surface area contributed by atoms with Crippen LogP contribution in [0.1, 0.15) is 37.3 Å². The molecule has 3 aromatic rings. The molecule has 4 heterocycles. The maximum atomic E-state index is 5.92. The first kappa shape index (κ1) is 21.0. The molecule has 2 fully saturated rings. The van der Waals surface area contributed by atoms with Crippen LogP contribution < -0.4 is 21.1 Å². The Morgan fingerprint density at radius 1 is 1.22 bits per heavy atom. The number of piperazine rings is 1. The normalized spacial score (nSPS) is 20.3. The third-order valence-electron chi connectivity index (χ3n) is 6.61. The van der Waals surface area contributed by atoms with Crippen LogP contribution in [0.3, 0.4) is 0 Å². The summed E-state index contributed by atoms with van der Waals surface area (Å²) in [7, 11) is 1.73. The summed E-state index contributed by atoms with van der Waals surface area (Å²) in [6.45, 7) is 6.73. The number of ether oxygens (including phenoxy) is 1. The van der Waals surface area contributed by atoms with Crippen molar-refractivity contribution in [2.45, 2.75) is 51.4 Å². The zero-order valence-electron chi connectivity index (χ0n) is 18.8. The third kappa shape index (κ3) is 3.98. The van der Waals surface area contributed by atoms with Gasteiger partial charge < -0.3 is 21.1 Å².